The minimum absolute atomic E-state index is 0.0371. The normalized spacial score (nSPS) is 27.7. The van der Waals surface area contributed by atoms with Gasteiger partial charge in [-0.25, -0.2) is 17.9 Å². The van der Waals surface area contributed by atoms with E-state index in [9.17, 15) is 18.3 Å². The van der Waals surface area contributed by atoms with Gasteiger partial charge >= 0.3 is 6.09 Å². The SMILES string of the molecule is Cc1ccc(S(=O)(=O)N[C@@H]2[C@@H](CO)C[C@H]3CN(C(=O)OC(C)(C)C)C[C@H]32)cc1. The zero-order valence-electron chi connectivity index (χ0n) is 16.9. The number of aliphatic hydroxyl groups excluding tert-OH is 1. The standard InChI is InChI=1S/C20H30N2O5S/c1-13-5-7-16(8-6-13)28(25,26)21-18-15(12-23)9-14-10-22(11-17(14)18)19(24)27-20(2,3)4/h5-8,14-15,17-18,21,23H,9-12H2,1-4H3/t14-,15+,17+,18+/m0/s1. The van der Waals surface area contributed by atoms with E-state index in [1.54, 1.807) is 29.2 Å². The molecule has 1 heterocycles. The number of nitrogens with one attached hydrogen (secondary N) is 1. The Hall–Kier alpha value is -1.64. The largest absolute Gasteiger partial charge is 0.444 e. The van der Waals surface area contributed by atoms with Gasteiger partial charge in [-0.15, -0.1) is 0 Å². The summed E-state index contributed by atoms with van der Waals surface area (Å²) in [7, 11) is -3.70. The number of carbonyl (C=O) groups is 1. The van der Waals surface area contributed by atoms with Gasteiger partial charge in [0.2, 0.25) is 10.0 Å². The van der Waals surface area contributed by atoms with Crippen LogP contribution in [0.1, 0.15) is 32.8 Å². The monoisotopic (exact) mass is 410 g/mol. The van der Waals surface area contributed by atoms with Gasteiger partial charge in [0.05, 0.1) is 4.90 Å². The van der Waals surface area contributed by atoms with Gasteiger partial charge in [-0.05, 0) is 64.0 Å². The first-order valence-corrected chi connectivity index (χ1v) is 11.2. The van der Waals surface area contributed by atoms with E-state index < -0.39 is 21.7 Å². The van der Waals surface area contributed by atoms with Crippen molar-refractivity contribution in [1.82, 2.24) is 9.62 Å². The predicted octanol–water partition coefficient (Wildman–Crippen LogP) is 2.14. The van der Waals surface area contributed by atoms with Crippen molar-refractivity contribution in [1.29, 1.82) is 0 Å². The molecule has 1 aromatic carbocycles. The van der Waals surface area contributed by atoms with Gasteiger partial charge in [0.1, 0.15) is 5.60 Å². The summed E-state index contributed by atoms with van der Waals surface area (Å²) in [5, 5.41) is 9.78. The number of nitrogens with zero attached hydrogens (tertiary/aromatic N) is 1. The van der Waals surface area contributed by atoms with Gasteiger partial charge in [-0.3, -0.25) is 0 Å². The number of hydrogen-bond donors (Lipinski definition) is 2. The van der Waals surface area contributed by atoms with Gasteiger partial charge in [-0.2, -0.15) is 0 Å². The molecule has 1 aromatic rings. The summed E-state index contributed by atoms with van der Waals surface area (Å²) < 4.78 is 34.0. The summed E-state index contributed by atoms with van der Waals surface area (Å²) in [5.41, 5.74) is 0.409. The van der Waals surface area contributed by atoms with Crippen molar-refractivity contribution in [2.45, 2.75) is 50.7 Å². The highest BCUT2D eigenvalue weighted by Gasteiger charge is 2.50. The molecule has 1 aliphatic heterocycles. The Labute approximate surface area is 167 Å². The number of ether oxygens (including phenoxy) is 1. The average Bonchev–Trinajstić information content (AvgIpc) is 3.13. The second kappa shape index (κ2) is 7.65. The fourth-order valence-electron chi connectivity index (χ4n) is 4.25. The van der Waals surface area contributed by atoms with Crippen LogP contribution in [-0.2, 0) is 14.8 Å². The lowest BCUT2D eigenvalue weighted by Crippen LogP contribution is -2.45. The predicted molar refractivity (Wildman–Crippen MR) is 105 cm³/mol. The Morgan fingerprint density at radius 1 is 1.25 bits per heavy atom. The fraction of sp³-hybridized carbons (Fsp3) is 0.650. The number of aliphatic hydroxyl groups is 1. The molecular formula is C20H30N2O5S. The molecule has 0 bridgehead atoms. The molecule has 156 valence electrons. The number of rotatable bonds is 4. The van der Waals surface area contributed by atoms with Crippen LogP contribution in [-0.4, -0.2) is 55.9 Å². The van der Waals surface area contributed by atoms with Gasteiger partial charge in [0, 0.05) is 25.7 Å². The number of likely N-dealkylation sites (tertiary alicyclic amines) is 1. The molecule has 1 amide bonds. The quantitative estimate of drug-likeness (QED) is 0.793. The van der Waals surface area contributed by atoms with Crippen LogP contribution in [0, 0.1) is 24.7 Å². The zero-order chi connectivity index (χ0) is 20.7. The number of amides is 1. The van der Waals surface area contributed by atoms with Gasteiger partial charge in [-0.1, -0.05) is 17.7 Å². The molecule has 0 radical (unpaired) electrons. The lowest BCUT2D eigenvalue weighted by molar-refractivity contribution is 0.0273. The summed E-state index contributed by atoms with van der Waals surface area (Å²) in [4.78, 5) is 14.3. The van der Waals surface area contributed by atoms with Crippen molar-refractivity contribution < 1.29 is 23.1 Å². The van der Waals surface area contributed by atoms with E-state index in [0.29, 0.717) is 19.5 Å². The van der Waals surface area contributed by atoms with Crippen LogP contribution in [0.2, 0.25) is 0 Å². The van der Waals surface area contributed by atoms with Crippen molar-refractivity contribution in [2.75, 3.05) is 19.7 Å². The third kappa shape index (κ3) is 4.50. The third-order valence-electron chi connectivity index (χ3n) is 5.57. The molecule has 1 saturated carbocycles. The fourth-order valence-corrected chi connectivity index (χ4v) is 5.61. The number of hydrogen-bond acceptors (Lipinski definition) is 5. The topological polar surface area (TPSA) is 95.9 Å². The molecule has 28 heavy (non-hydrogen) atoms. The van der Waals surface area contributed by atoms with Crippen molar-refractivity contribution in [2.24, 2.45) is 17.8 Å². The highest BCUT2D eigenvalue weighted by Crippen LogP contribution is 2.42. The number of carbonyl (C=O) groups excluding carboxylic acids is 1. The molecule has 8 heteroatoms. The van der Waals surface area contributed by atoms with Crippen LogP contribution < -0.4 is 4.72 Å². The van der Waals surface area contributed by atoms with Gasteiger partial charge < -0.3 is 14.7 Å². The summed E-state index contributed by atoms with van der Waals surface area (Å²) in [5.74, 6) is -0.0451. The molecule has 1 aliphatic carbocycles. The number of sulfonamides is 1. The van der Waals surface area contributed by atoms with Gasteiger partial charge in [0.15, 0.2) is 0 Å². The molecule has 2 fully saturated rings. The maximum Gasteiger partial charge on any atom is 0.410 e. The van der Waals surface area contributed by atoms with Crippen molar-refractivity contribution in [3.63, 3.8) is 0 Å². The lowest BCUT2D eigenvalue weighted by Gasteiger charge is -2.27. The summed E-state index contributed by atoms with van der Waals surface area (Å²) >= 11 is 0. The Kier molecular flexibility index (Phi) is 5.76. The Balaban J connectivity index is 1.75. The van der Waals surface area contributed by atoms with E-state index in [0.717, 1.165) is 5.56 Å². The van der Waals surface area contributed by atoms with Crippen LogP contribution in [0.3, 0.4) is 0 Å². The van der Waals surface area contributed by atoms with Crippen LogP contribution in [0.5, 0.6) is 0 Å². The van der Waals surface area contributed by atoms with Crippen molar-refractivity contribution in [3.8, 4) is 0 Å². The molecule has 4 atom stereocenters. The Bertz CT molecular complexity index is 816. The number of fused-ring (bicyclic) bond motifs is 1. The molecule has 1 saturated heterocycles. The zero-order valence-corrected chi connectivity index (χ0v) is 17.7. The van der Waals surface area contributed by atoms with Gasteiger partial charge in [0.25, 0.3) is 0 Å². The third-order valence-corrected chi connectivity index (χ3v) is 7.05. The maximum atomic E-state index is 12.9. The Morgan fingerprint density at radius 3 is 2.46 bits per heavy atom. The van der Waals surface area contributed by atoms with E-state index in [4.69, 9.17) is 4.74 Å². The van der Waals surface area contributed by atoms with E-state index in [1.165, 1.54) is 0 Å². The first kappa shape index (κ1) is 21.1. The number of benzene rings is 1. The summed E-state index contributed by atoms with van der Waals surface area (Å²) in [6.45, 7) is 8.24. The van der Waals surface area contributed by atoms with E-state index in [-0.39, 0.29) is 35.3 Å². The molecule has 0 unspecified atom stereocenters. The smallest absolute Gasteiger partial charge is 0.410 e. The second-order valence-corrected chi connectivity index (χ2v) is 10.7. The molecule has 2 N–H and O–H groups in total. The number of aryl methyl sites for hydroxylation is 1. The first-order chi connectivity index (χ1) is 13.0. The second-order valence-electron chi connectivity index (χ2n) is 8.95. The molecule has 7 nitrogen and oxygen atoms in total. The highest BCUT2D eigenvalue weighted by molar-refractivity contribution is 7.89. The van der Waals surface area contributed by atoms with Crippen molar-refractivity contribution in [3.05, 3.63) is 29.8 Å². The first-order valence-electron chi connectivity index (χ1n) is 9.68. The van der Waals surface area contributed by atoms with Crippen molar-refractivity contribution >= 4 is 16.1 Å². The van der Waals surface area contributed by atoms with Crippen LogP contribution in [0.4, 0.5) is 4.79 Å². The molecular weight excluding hydrogens is 380 g/mol. The minimum Gasteiger partial charge on any atom is -0.444 e. The minimum atomic E-state index is -3.70. The highest BCUT2D eigenvalue weighted by atomic mass is 32.2. The van der Waals surface area contributed by atoms with Crippen LogP contribution in [0.25, 0.3) is 0 Å². The van der Waals surface area contributed by atoms with E-state index >= 15 is 0 Å². The average molecular weight is 411 g/mol. The van der Waals surface area contributed by atoms with Crippen LogP contribution >= 0.6 is 0 Å². The van der Waals surface area contributed by atoms with E-state index in [1.807, 2.05) is 27.7 Å². The molecule has 0 aromatic heterocycles. The summed E-state index contributed by atoms with van der Waals surface area (Å²) in [6, 6.07) is 6.28. The lowest BCUT2D eigenvalue weighted by atomic mass is 9.97. The van der Waals surface area contributed by atoms with Crippen LogP contribution in [0.15, 0.2) is 29.2 Å². The molecule has 2 aliphatic rings. The maximum absolute atomic E-state index is 12.9. The summed E-state index contributed by atoms with van der Waals surface area (Å²) in [6.07, 6.45) is 0.309. The molecule has 0 spiro atoms. The Morgan fingerprint density at radius 2 is 1.89 bits per heavy atom. The molecule has 3 rings (SSSR count). The van der Waals surface area contributed by atoms with E-state index in [2.05, 4.69) is 4.72 Å².